The van der Waals surface area contributed by atoms with Gasteiger partial charge in [0, 0.05) is 23.6 Å². The smallest absolute Gasteiger partial charge is 0.303 e. The maximum atomic E-state index is 10.5. The average molecular weight is 306 g/mol. The van der Waals surface area contributed by atoms with Gasteiger partial charge in [-0.1, -0.05) is 23.2 Å². The molecule has 6 heteroatoms. The van der Waals surface area contributed by atoms with Gasteiger partial charge in [0.25, 0.3) is 0 Å². The number of hydrogen-bond donors (Lipinski definition) is 2. The van der Waals surface area contributed by atoms with Crippen molar-refractivity contribution in [2.45, 2.75) is 32.2 Å². The summed E-state index contributed by atoms with van der Waals surface area (Å²) < 4.78 is 5.33. The molecule has 0 radical (unpaired) electrons. The molecule has 0 heterocycles. The van der Waals surface area contributed by atoms with Crippen LogP contribution in [0.4, 0.5) is 0 Å². The fraction of sp³-hybridized carbons (Fsp3) is 0.462. The van der Waals surface area contributed by atoms with Crippen LogP contribution in [0.5, 0.6) is 5.75 Å². The summed E-state index contributed by atoms with van der Waals surface area (Å²) in [6.07, 6.45) is 1.13. The number of nitrogens with two attached hydrogens (primary N) is 1. The number of rotatable bonds is 7. The zero-order chi connectivity index (χ0) is 14.4. The normalized spacial score (nSPS) is 12.2. The third-order valence-corrected chi connectivity index (χ3v) is 3.28. The van der Waals surface area contributed by atoms with Crippen LogP contribution in [0.25, 0.3) is 0 Å². The Balaban J connectivity index is 2.77. The van der Waals surface area contributed by atoms with Crippen LogP contribution in [0, 0.1) is 0 Å². The second kappa shape index (κ2) is 7.58. The summed E-state index contributed by atoms with van der Waals surface area (Å²) in [6.45, 7) is 2.36. The Kier molecular flexibility index (Phi) is 6.42. The van der Waals surface area contributed by atoms with Crippen molar-refractivity contribution in [3.63, 3.8) is 0 Å². The molecule has 0 aromatic heterocycles. The molecule has 1 atom stereocenters. The zero-order valence-corrected chi connectivity index (χ0v) is 12.2. The third kappa shape index (κ3) is 4.90. The van der Waals surface area contributed by atoms with Gasteiger partial charge < -0.3 is 15.6 Å². The van der Waals surface area contributed by atoms with Gasteiger partial charge in [-0.3, -0.25) is 4.79 Å². The molecule has 3 N–H and O–H groups in total. The van der Waals surface area contributed by atoms with Crippen molar-refractivity contribution in [1.29, 1.82) is 0 Å². The van der Waals surface area contributed by atoms with E-state index in [1.165, 1.54) is 0 Å². The van der Waals surface area contributed by atoms with Crippen LogP contribution in [0.2, 0.25) is 10.0 Å². The molecular weight excluding hydrogens is 289 g/mol. The minimum Gasteiger partial charge on any atom is -0.492 e. The molecule has 0 aliphatic rings. The number of carboxylic acid groups (broad SMARTS) is 1. The van der Waals surface area contributed by atoms with Gasteiger partial charge in [0.15, 0.2) is 0 Å². The minimum absolute atomic E-state index is 0.0933. The van der Waals surface area contributed by atoms with Crippen molar-refractivity contribution in [2.24, 2.45) is 5.73 Å². The number of hydrogen-bond acceptors (Lipinski definition) is 3. The Hall–Kier alpha value is -0.970. The van der Waals surface area contributed by atoms with Gasteiger partial charge in [-0.25, -0.2) is 0 Å². The lowest BCUT2D eigenvalue weighted by Gasteiger charge is -2.15. The van der Waals surface area contributed by atoms with Gasteiger partial charge in [0.05, 0.1) is 11.6 Å². The molecule has 1 unspecified atom stereocenters. The summed E-state index contributed by atoms with van der Waals surface area (Å²) in [5.74, 6) is -0.307. The predicted molar refractivity (Wildman–Crippen MR) is 76.0 cm³/mol. The van der Waals surface area contributed by atoms with Crippen molar-refractivity contribution in [1.82, 2.24) is 0 Å². The molecule has 19 heavy (non-hydrogen) atoms. The molecule has 0 saturated heterocycles. The third-order valence-electron chi connectivity index (χ3n) is 2.66. The average Bonchev–Trinajstić information content (AvgIpc) is 2.33. The maximum absolute atomic E-state index is 10.5. The Bertz CT molecular complexity index is 452. The van der Waals surface area contributed by atoms with Crippen LogP contribution in [-0.2, 0) is 4.79 Å². The topological polar surface area (TPSA) is 72.5 Å². The highest BCUT2D eigenvalue weighted by molar-refractivity contribution is 6.34. The summed E-state index contributed by atoms with van der Waals surface area (Å²) in [4.78, 5) is 10.5. The van der Waals surface area contributed by atoms with E-state index in [9.17, 15) is 4.79 Å². The number of aliphatic carboxylic acids is 1. The van der Waals surface area contributed by atoms with E-state index in [2.05, 4.69) is 0 Å². The summed E-state index contributed by atoms with van der Waals surface area (Å²) in [5, 5.41) is 9.52. The Labute approximate surface area is 122 Å². The highest BCUT2D eigenvalue weighted by Crippen LogP contribution is 2.34. The van der Waals surface area contributed by atoms with Crippen molar-refractivity contribution < 1.29 is 14.6 Å². The van der Waals surface area contributed by atoms with Crippen LogP contribution < -0.4 is 10.5 Å². The zero-order valence-electron chi connectivity index (χ0n) is 10.7. The number of benzene rings is 1. The molecule has 0 saturated carbocycles. The van der Waals surface area contributed by atoms with Gasteiger partial charge >= 0.3 is 5.97 Å². The van der Waals surface area contributed by atoms with Gasteiger partial charge in [0.2, 0.25) is 0 Å². The molecule has 0 aliphatic heterocycles. The first kappa shape index (κ1) is 16.1. The summed E-state index contributed by atoms with van der Waals surface area (Å²) in [5.41, 5.74) is 6.71. The minimum atomic E-state index is -0.831. The van der Waals surface area contributed by atoms with E-state index >= 15 is 0 Å². The standard InChI is InChI=1S/C13H17Cl2NO3/c1-2-19-12-7-9(14)8(6-10(12)15)11(16)4-3-5-13(17)18/h6-7,11H,2-5,16H2,1H3,(H,17,18). The Morgan fingerprint density at radius 1 is 1.42 bits per heavy atom. The quantitative estimate of drug-likeness (QED) is 0.806. The van der Waals surface area contributed by atoms with Crippen LogP contribution in [0.3, 0.4) is 0 Å². The van der Waals surface area contributed by atoms with Gasteiger partial charge in [-0.05, 0) is 31.4 Å². The Morgan fingerprint density at radius 3 is 2.68 bits per heavy atom. The summed E-state index contributed by atoms with van der Waals surface area (Å²) in [6, 6.07) is 2.99. The van der Waals surface area contributed by atoms with Gasteiger partial charge in [0.1, 0.15) is 5.75 Å². The summed E-state index contributed by atoms with van der Waals surface area (Å²) in [7, 11) is 0. The second-order valence-electron chi connectivity index (χ2n) is 4.13. The molecule has 1 rings (SSSR count). The van der Waals surface area contributed by atoms with E-state index in [1.807, 2.05) is 6.92 Å². The van der Waals surface area contributed by atoms with E-state index in [0.29, 0.717) is 40.8 Å². The second-order valence-corrected chi connectivity index (χ2v) is 4.94. The number of carboxylic acids is 1. The first-order chi connectivity index (χ1) is 8.95. The van der Waals surface area contributed by atoms with E-state index in [4.69, 9.17) is 38.8 Å². The number of halogens is 2. The van der Waals surface area contributed by atoms with Crippen molar-refractivity contribution in [3.8, 4) is 5.75 Å². The molecule has 106 valence electrons. The molecule has 0 amide bonds. The first-order valence-corrected chi connectivity index (χ1v) is 6.80. The lowest BCUT2D eigenvalue weighted by atomic mass is 10.0. The van der Waals surface area contributed by atoms with Crippen molar-refractivity contribution in [3.05, 3.63) is 27.7 Å². The number of ether oxygens (including phenoxy) is 1. The van der Waals surface area contributed by atoms with Crippen LogP contribution >= 0.6 is 23.2 Å². The molecule has 0 fully saturated rings. The monoisotopic (exact) mass is 305 g/mol. The molecule has 0 spiro atoms. The van der Waals surface area contributed by atoms with E-state index in [-0.39, 0.29) is 12.5 Å². The lowest BCUT2D eigenvalue weighted by molar-refractivity contribution is -0.137. The highest BCUT2D eigenvalue weighted by Gasteiger charge is 2.14. The largest absolute Gasteiger partial charge is 0.492 e. The highest BCUT2D eigenvalue weighted by atomic mass is 35.5. The SMILES string of the molecule is CCOc1cc(Cl)c(C(N)CCCC(=O)O)cc1Cl. The lowest BCUT2D eigenvalue weighted by Crippen LogP contribution is -2.12. The predicted octanol–water partition coefficient (Wildman–Crippen LogP) is 3.65. The molecule has 0 aliphatic carbocycles. The first-order valence-electron chi connectivity index (χ1n) is 6.04. The van der Waals surface area contributed by atoms with Crippen LogP contribution in [0.1, 0.15) is 37.8 Å². The molecule has 1 aromatic carbocycles. The van der Waals surface area contributed by atoms with Crippen LogP contribution in [0.15, 0.2) is 12.1 Å². The van der Waals surface area contributed by atoms with Gasteiger partial charge in [-0.15, -0.1) is 0 Å². The Morgan fingerprint density at radius 2 is 2.11 bits per heavy atom. The fourth-order valence-corrected chi connectivity index (χ4v) is 2.24. The van der Waals surface area contributed by atoms with E-state index < -0.39 is 5.97 Å². The van der Waals surface area contributed by atoms with E-state index in [0.717, 1.165) is 0 Å². The molecule has 1 aromatic rings. The number of carbonyl (C=O) groups is 1. The summed E-state index contributed by atoms with van der Waals surface area (Å²) >= 11 is 12.2. The maximum Gasteiger partial charge on any atom is 0.303 e. The molecule has 0 bridgehead atoms. The van der Waals surface area contributed by atoms with Gasteiger partial charge in [-0.2, -0.15) is 0 Å². The van der Waals surface area contributed by atoms with E-state index in [1.54, 1.807) is 12.1 Å². The molecular formula is C13H17Cl2NO3. The van der Waals surface area contributed by atoms with Crippen molar-refractivity contribution >= 4 is 29.2 Å². The van der Waals surface area contributed by atoms with Crippen LogP contribution in [-0.4, -0.2) is 17.7 Å². The molecule has 4 nitrogen and oxygen atoms in total. The fourth-order valence-electron chi connectivity index (χ4n) is 1.72. The van der Waals surface area contributed by atoms with Crippen molar-refractivity contribution in [2.75, 3.05) is 6.61 Å².